The second kappa shape index (κ2) is 9.04. The Hall–Kier alpha value is -1.82. The molecule has 2 heterocycles. The van der Waals surface area contributed by atoms with E-state index in [2.05, 4.69) is 32.7 Å². The van der Waals surface area contributed by atoms with Crippen LogP contribution in [0.1, 0.15) is 38.5 Å². The van der Waals surface area contributed by atoms with Gasteiger partial charge in [0.1, 0.15) is 0 Å². The minimum atomic E-state index is -0.0576. The molecule has 138 valence electrons. The number of aliphatic hydroxyl groups excluding tert-OH is 1. The van der Waals surface area contributed by atoms with Crippen molar-refractivity contribution in [3.05, 3.63) is 24.5 Å². The van der Waals surface area contributed by atoms with E-state index >= 15 is 0 Å². The van der Waals surface area contributed by atoms with Gasteiger partial charge in [-0.3, -0.25) is 4.98 Å². The third-order valence-electron chi connectivity index (χ3n) is 5.62. The second-order valence-corrected chi connectivity index (χ2v) is 7.38. The Morgan fingerprint density at radius 3 is 2.60 bits per heavy atom. The van der Waals surface area contributed by atoms with Crippen molar-refractivity contribution in [1.29, 1.82) is 0 Å². The molecule has 0 radical (unpaired) electrons. The number of hydrogen-bond acceptors (Lipinski definition) is 4. The first-order chi connectivity index (χ1) is 12.2. The Balaban J connectivity index is 1.29. The van der Waals surface area contributed by atoms with Crippen LogP contribution in [-0.2, 0) is 0 Å². The number of hydrogen-bond donors (Lipinski definition) is 3. The number of anilines is 1. The molecule has 25 heavy (non-hydrogen) atoms. The molecule has 6 nitrogen and oxygen atoms in total. The SMILES string of the molecule is O=C(NCCC1CCN(c2ccncc2)CC1)N[C@H]1CC[C@@H](CO)C1. The molecule has 0 unspecified atom stereocenters. The maximum absolute atomic E-state index is 12.0. The molecule has 3 N–H and O–H groups in total. The molecule has 1 saturated carbocycles. The summed E-state index contributed by atoms with van der Waals surface area (Å²) in [6.07, 6.45) is 9.97. The first kappa shape index (κ1) is 18.0. The molecule has 1 aromatic rings. The van der Waals surface area contributed by atoms with Crippen LogP contribution in [-0.4, -0.2) is 48.4 Å². The summed E-state index contributed by atoms with van der Waals surface area (Å²) < 4.78 is 0. The largest absolute Gasteiger partial charge is 0.396 e. The van der Waals surface area contributed by atoms with Gasteiger partial charge < -0.3 is 20.6 Å². The molecule has 6 heteroatoms. The smallest absolute Gasteiger partial charge is 0.315 e. The summed E-state index contributed by atoms with van der Waals surface area (Å²) in [5.41, 5.74) is 1.25. The van der Waals surface area contributed by atoms with E-state index in [4.69, 9.17) is 5.11 Å². The van der Waals surface area contributed by atoms with Crippen molar-refractivity contribution in [3.63, 3.8) is 0 Å². The zero-order chi connectivity index (χ0) is 17.5. The Morgan fingerprint density at radius 2 is 1.92 bits per heavy atom. The number of aliphatic hydroxyl groups is 1. The lowest BCUT2D eigenvalue weighted by Crippen LogP contribution is -2.42. The van der Waals surface area contributed by atoms with Crippen LogP contribution in [0.5, 0.6) is 0 Å². The molecule has 0 aromatic carbocycles. The van der Waals surface area contributed by atoms with Crippen LogP contribution >= 0.6 is 0 Å². The third-order valence-corrected chi connectivity index (χ3v) is 5.62. The number of piperidine rings is 1. The zero-order valence-electron chi connectivity index (χ0n) is 14.9. The fourth-order valence-corrected chi connectivity index (χ4v) is 4.03. The molecule has 3 rings (SSSR count). The Labute approximate surface area is 150 Å². The minimum absolute atomic E-state index is 0.0576. The van der Waals surface area contributed by atoms with Crippen molar-refractivity contribution in [1.82, 2.24) is 15.6 Å². The molecule has 1 saturated heterocycles. The number of carbonyl (C=O) groups excluding carboxylic acids is 1. The highest BCUT2D eigenvalue weighted by Gasteiger charge is 2.25. The zero-order valence-corrected chi connectivity index (χ0v) is 14.9. The number of aromatic nitrogens is 1. The molecule has 2 amide bonds. The minimum Gasteiger partial charge on any atom is -0.396 e. The van der Waals surface area contributed by atoms with E-state index in [9.17, 15) is 4.79 Å². The van der Waals surface area contributed by atoms with Crippen LogP contribution < -0.4 is 15.5 Å². The van der Waals surface area contributed by atoms with Crippen molar-refractivity contribution in [2.45, 2.75) is 44.6 Å². The fourth-order valence-electron chi connectivity index (χ4n) is 4.03. The van der Waals surface area contributed by atoms with Gasteiger partial charge in [0.25, 0.3) is 0 Å². The van der Waals surface area contributed by atoms with Crippen LogP contribution in [0, 0.1) is 11.8 Å². The van der Waals surface area contributed by atoms with E-state index < -0.39 is 0 Å². The highest BCUT2D eigenvalue weighted by Crippen LogP contribution is 2.25. The summed E-state index contributed by atoms with van der Waals surface area (Å²) in [5.74, 6) is 1.04. The standard InChI is InChI=1S/C19H30N4O2/c24-14-16-1-2-17(13-16)22-19(25)21-10-3-15-6-11-23(12-7-15)18-4-8-20-9-5-18/h4-5,8-9,15-17,24H,1-3,6-7,10-14H2,(H2,21,22,25)/t16-,17+/m1/s1. The predicted molar refractivity (Wildman–Crippen MR) is 98.5 cm³/mol. The van der Waals surface area contributed by atoms with Gasteiger partial charge in [-0.05, 0) is 62.5 Å². The highest BCUT2D eigenvalue weighted by atomic mass is 16.3. The van der Waals surface area contributed by atoms with E-state index in [1.807, 2.05) is 12.4 Å². The molecular weight excluding hydrogens is 316 g/mol. The lowest BCUT2D eigenvalue weighted by molar-refractivity contribution is 0.223. The summed E-state index contributed by atoms with van der Waals surface area (Å²) in [7, 11) is 0. The Kier molecular flexibility index (Phi) is 6.50. The number of nitrogens with zero attached hydrogens (tertiary/aromatic N) is 2. The van der Waals surface area contributed by atoms with Crippen LogP contribution in [0.4, 0.5) is 10.5 Å². The Bertz CT molecular complexity index is 531. The molecule has 2 aliphatic rings. The maximum atomic E-state index is 12.0. The molecule has 0 bridgehead atoms. The number of pyridine rings is 1. The average Bonchev–Trinajstić information content (AvgIpc) is 3.10. The van der Waals surface area contributed by atoms with Gasteiger partial charge in [-0.1, -0.05) is 0 Å². The van der Waals surface area contributed by atoms with Crippen LogP contribution in [0.2, 0.25) is 0 Å². The van der Waals surface area contributed by atoms with Crippen molar-refractivity contribution in [2.24, 2.45) is 11.8 Å². The molecule has 1 aromatic heterocycles. The van der Waals surface area contributed by atoms with E-state index in [0.29, 0.717) is 11.8 Å². The van der Waals surface area contributed by atoms with Crippen molar-refractivity contribution in [3.8, 4) is 0 Å². The number of nitrogens with one attached hydrogen (secondary N) is 2. The first-order valence-corrected chi connectivity index (χ1v) is 9.55. The molecule has 2 fully saturated rings. The van der Waals surface area contributed by atoms with E-state index in [1.54, 1.807) is 0 Å². The van der Waals surface area contributed by atoms with Gasteiger partial charge in [-0.25, -0.2) is 4.79 Å². The van der Waals surface area contributed by atoms with Crippen LogP contribution in [0.3, 0.4) is 0 Å². The van der Waals surface area contributed by atoms with Gasteiger partial charge in [-0.15, -0.1) is 0 Å². The average molecular weight is 346 g/mol. The summed E-state index contributed by atoms with van der Waals surface area (Å²) in [5, 5.41) is 15.2. The number of urea groups is 1. The van der Waals surface area contributed by atoms with Gasteiger partial charge in [0.05, 0.1) is 0 Å². The Morgan fingerprint density at radius 1 is 1.16 bits per heavy atom. The van der Waals surface area contributed by atoms with Crippen molar-refractivity contribution < 1.29 is 9.90 Å². The quantitative estimate of drug-likeness (QED) is 0.738. The lowest BCUT2D eigenvalue weighted by atomic mass is 9.93. The second-order valence-electron chi connectivity index (χ2n) is 7.38. The summed E-state index contributed by atoms with van der Waals surface area (Å²) in [4.78, 5) is 18.5. The summed E-state index contributed by atoms with van der Waals surface area (Å²) >= 11 is 0. The van der Waals surface area contributed by atoms with Crippen molar-refractivity contribution in [2.75, 3.05) is 31.1 Å². The fraction of sp³-hybridized carbons (Fsp3) is 0.684. The number of rotatable bonds is 6. The van der Waals surface area contributed by atoms with Crippen LogP contribution in [0.25, 0.3) is 0 Å². The monoisotopic (exact) mass is 346 g/mol. The van der Waals surface area contributed by atoms with E-state index in [0.717, 1.165) is 45.3 Å². The molecule has 0 spiro atoms. The van der Waals surface area contributed by atoms with Crippen molar-refractivity contribution >= 4 is 11.7 Å². The van der Waals surface area contributed by atoms with Gasteiger partial charge in [0, 0.05) is 50.4 Å². The molecule has 2 atom stereocenters. The lowest BCUT2D eigenvalue weighted by Gasteiger charge is -2.33. The molecule has 1 aliphatic carbocycles. The number of amides is 2. The van der Waals surface area contributed by atoms with Gasteiger partial charge in [-0.2, -0.15) is 0 Å². The van der Waals surface area contributed by atoms with Gasteiger partial charge >= 0.3 is 6.03 Å². The first-order valence-electron chi connectivity index (χ1n) is 9.55. The maximum Gasteiger partial charge on any atom is 0.315 e. The summed E-state index contributed by atoms with van der Waals surface area (Å²) in [6, 6.07) is 4.30. The highest BCUT2D eigenvalue weighted by molar-refractivity contribution is 5.74. The summed E-state index contributed by atoms with van der Waals surface area (Å²) in [6.45, 7) is 3.12. The van der Waals surface area contributed by atoms with E-state index in [1.165, 1.54) is 18.5 Å². The van der Waals surface area contributed by atoms with Crippen LogP contribution in [0.15, 0.2) is 24.5 Å². The van der Waals surface area contributed by atoms with Gasteiger partial charge in [0.15, 0.2) is 0 Å². The predicted octanol–water partition coefficient (Wildman–Crippen LogP) is 2.15. The van der Waals surface area contributed by atoms with E-state index in [-0.39, 0.29) is 18.7 Å². The normalized spacial score (nSPS) is 24.3. The third kappa shape index (κ3) is 5.33. The number of carbonyl (C=O) groups is 1. The topological polar surface area (TPSA) is 77.5 Å². The van der Waals surface area contributed by atoms with Gasteiger partial charge in [0.2, 0.25) is 0 Å². The molecule has 1 aliphatic heterocycles. The molecular formula is C19H30N4O2.